The molecule has 0 bridgehead atoms. The number of amides is 3. The van der Waals surface area contributed by atoms with Gasteiger partial charge < -0.3 is 21.1 Å². The van der Waals surface area contributed by atoms with Crippen LogP contribution in [0.2, 0.25) is 0 Å². The molecule has 6 nitrogen and oxygen atoms in total. The summed E-state index contributed by atoms with van der Waals surface area (Å²) in [6.45, 7) is 9.40. The fraction of sp³-hybridized carbons (Fsp3) is 0.739. The van der Waals surface area contributed by atoms with Crippen molar-refractivity contribution in [2.75, 3.05) is 6.54 Å². The Bertz CT molecular complexity index is 725. The van der Waals surface area contributed by atoms with Gasteiger partial charge in [0, 0.05) is 23.4 Å². The minimum Gasteiger partial charge on any atom is -0.392 e. The lowest BCUT2D eigenvalue weighted by molar-refractivity contribution is -0.142. The summed E-state index contributed by atoms with van der Waals surface area (Å²) in [6, 6.07) is 3.91. The molecular weight excluding hydrogens is 398 g/mol. The lowest BCUT2D eigenvalue weighted by Gasteiger charge is -2.56. The van der Waals surface area contributed by atoms with E-state index in [1.54, 1.807) is 11.3 Å². The van der Waals surface area contributed by atoms with E-state index in [0.717, 1.165) is 30.6 Å². The normalized spacial score (nSPS) is 34.5. The number of thiophene rings is 1. The monoisotopic (exact) mass is 435 g/mol. The minimum absolute atomic E-state index is 0.0107. The summed E-state index contributed by atoms with van der Waals surface area (Å²) >= 11 is 1.63. The molecule has 1 aromatic rings. The van der Waals surface area contributed by atoms with Crippen LogP contribution in [0.1, 0.15) is 58.3 Å². The third-order valence-electron chi connectivity index (χ3n) is 7.61. The summed E-state index contributed by atoms with van der Waals surface area (Å²) in [6.07, 6.45) is 3.25. The summed E-state index contributed by atoms with van der Waals surface area (Å²) in [5, 5.41) is 22.4. The second-order valence-electron chi connectivity index (χ2n) is 9.47. The highest BCUT2D eigenvalue weighted by Crippen LogP contribution is 2.55. The van der Waals surface area contributed by atoms with E-state index >= 15 is 0 Å². The number of rotatable bonds is 6. The summed E-state index contributed by atoms with van der Waals surface area (Å²) < 4.78 is 0. The van der Waals surface area contributed by atoms with Crippen molar-refractivity contribution in [1.82, 2.24) is 16.0 Å². The highest BCUT2D eigenvalue weighted by molar-refractivity contribution is 7.09. The quantitative estimate of drug-likeness (QED) is 0.551. The van der Waals surface area contributed by atoms with Crippen molar-refractivity contribution < 1.29 is 14.7 Å². The van der Waals surface area contributed by atoms with Gasteiger partial charge in [0.05, 0.1) is 12.6 Å². The lowest BCUT2D eigenvalue weighted by atomic mass is 9.52. The first-order valence-electron chi connectivity index (χ1n) is 11.3. The lowest BCUT2D eigenvalue weighted by Crippen LogP contribution is -2.59. The Hall–Kier alpha value is -1.60. The van der Waals surface area contributed by atoms with E-state index in [0.29, 0.717) is 13.1 Å². The Kier molecular flexibility index (Phi) is 7.45. The molecule has 3 amide bonds. The molecule has 0 radical (unpaired) electrons. The molecule has 0 aliphatic heterocycles. The third-order valence-corrected chi connectivity index (χ3v) is 8.49. The van der Waals surface area contributed by atoms with Gasteiger partial charge in [-0.1, -0.05) is 26.8 Å². The van der Waals surface area contributed by atoms with Crippen LogP contribution in [0.4, 0.5) is 4.79 Å². The first kappa shape index (κ1) is 23.1. The Balaban J connectivity index is 1.66. The zero-order valence-corrected chi connectivity index (χ0v) is 19.4. The van der Waals surface area contributed by atoms with Crippen LogP contribution in [0.3, 0.4) is 0 Å². The van der Waals surface area contributed by atoms with E-state index in [1.165, 1.54) is 0 Å². The van der Waals surface area contributed by atoms with Gasteiger partial charge in [-0.15, -0.1) is 11.3 Å². The Morgan fingerprint density at radius 2 is 2.03 bits per heavy atom. The Morgan fingerprint density at radius 3 is 2.70 bits per heavy atom. The average Bonchev–Trinajstić information content (AvgIpc) is 3.22. The van der Waals surface area contributed by atoms with E-state index < -0.39 is 6.10 Å². The van der Waals surface area contributed by atoms with Gasteiger partial charge in [-0.05, 0) is 67.2 Å². The summed E-state index contributed by atoms with van der Waals surface area (Å²) in [7, 11) is 0. The summed E-state index contributed by atoms with van der Waals surface area (Å²) in [5.74, 6) is -0.0583. The maximum atomic E-state index is 12.8. The maximum absolute atomic E-state index is 12.8. The van der Waals surface area contributed by atoms with E-state index in [2.05, 4.69) is 29.8 Å². The predicted molar refractivity (Wildman–Crippen MR) is 120 cm³/mol. The van der Waals surface area contributed by atoms with E-state index in [4.69, 9.17) is 0 Å². The zero-order chi connectivity index (χ0) is 21.9. The third kappa shape index (κ3) is 4.83. The van der Waals surface area contributed by atoms with Gasteiger partial charge in [0.2, 0.25) is 5.91 Å². The van der Waals surface area contributed by atoms with Crippen LogP contribution in [-0.4, -0.2) is 35.7 Å². The molecule has 30 heavy (non-hydrogen) atoms. The molecular formula is C23H37N3O3S. The Morgan fingerprint density at radius 1 is 1.30 bits per heavy atom. The van der Waals surface area contributed by atoms with Crippen molar-refractivity contribution in [3.8, 4) is 0 Å². The smallest absolute Gasteiger partial charge is 0.315 e. The standard InChI is InChI=1S/C23H37N3O3S/c1-5-24-22(29)26-18-9-11-23(4)10-8-17(20(27)19(23)15(18)3)14(2)21(28)25-13-16-7-6-12-30-16/h6-7,12,14-15,17-20,27H,5,8-11,13H2,1-4H3,(H,25,28)(H2,24,26,29)/t14-,15+,17-,18+,19+,20-,23+/m0/s1. The van der Waals surface area contributed by atoms with Gasteiger partial charge in [-0.3, -0.25) is 4.79 Å². The van der Waals surface area contributed by atoms with Crippen molar-refractivity contribution in [2.24, 2.45) is 29.1 Å². The molecule has 3 rings (SSSR count). The van der Waals surface area contributed by atoms with Crippen LogP contribution in [-0.2, 0) is 11.3 Å². The van der Waals surface area contributed by atoms with Gasteiger partial charge in [0.25, 0.3) is 0 Å². The van der Waals surface area contributed by atoms with Gasteiger partial charge in [0.15, 0.2) is 0 Å². The number of aliphatic hydroxyl groups is 1. The molecule has 2 aliphatic rings. The summed E-state index contributed by atoms with van der Waals surface area (Å²) in [4.78, 5) is 26.0. The van der Waals surface area contributed by atoms with Crippen molar-refractivity contribution in [3.63, 3.8) is 0 Å². The van der Waals surface area contributed by atoms with Crippen LogP contribution < -0.4 is 16.0 Å². The number of urea groups is 1. The van der Waals surface area contributed by atoms with Crippen LogP contribution in [0.5, 0.6) is 0 Å². The maximum Gasteiger partial charge on any atom is 0.315 e. The molecule has 0 saturated heterocycles. The second kappa shape index (κ2) is 9.69. The van der Waals surface area contributed by atoms with Crippen LogP contribution in [0, 0.1) is 29.1 Å². The zero-order valence-electron chi connectivity index (χ0n) is 18.6. The predicted octanol–water partition coefficient (Wildman–Crippen LogP) is 3.51. The molecule has 0 spiro atoms. The summed E-state index contributed by atoms with van der Waals surface area (Å²) in [5.41, 5.74) is 0.0575. The number of nitrogens with one attached hydrogen (secondary N) is 3. The molecule has 1 heterocycles. The van der Waals surface area contributed by atoms with Gasteiger partial charge >= 0.3 is 6.03 Å². The molecule has 2 aliphatic carbocycles. The largest absolute Gasteiger partial charge is 0.392 e. The molecule has 1 aromatic heterocycles. The molecule has 7 atom stereocenters. The molecule has 2 fully saturated rings. The highest BCUT2D eigenvalue weighted by Gasteiger charge is 2.53. The Labute approximate surface area is 184 Å². The second-order valence-corrected chi connectivity index (χ2v) is 10.5. The van der Waals surface area contributed by atoms with Crippen LogP contribution in [0.15, 0.2) is 17.5 Å². The van der Waals surface area contributed by atoms with Gasteiger partial charge in [0.1, 0.15) is 0 Å². The van der Waals surface area contributed by atoms with Gasteiger partial charge in [-0.25, -0.2) is 4.79 Å². The van der Waals surface area contributed by atoms with Crippen molar-refractivity contribution in [3.05, 3.63) is 22.4 Å². The van der Waals surface area contributed by atoms with E-state index in [1.807, 2.05) is 31.4 Å². The van der Waals surface area contributed by atoms with Crippen LogP contribution >= 0.6 is 11.3 Å². The van der Waals surface area contributed by atoms with Crippen molar-refractivity contribution in [1.29, 1.82) is 0 Å². The molecule has 168 valence electrons. The van der Waals surface area contributed by atoms with Crippen LogP contribution in [0.25, 0.3) is 0 Å². The van der Waals surface area contributed by atoms with E-state index in [-0.39, 0.29) is 47.1 Å². The SMILES string of the molecule is CCNC(=O)N[C@@H]1CC[C@@]2(C)CC[C@@H]([C@H](C)C(=O)NCc3cccs3)[C@H](O)[C@H]2[C@@H]1C. The number of carbonyl (C=O) groups is 2. The molecule has 2 saturated carbocycles. The fourth-order valence-corrected chi connectivity index (χ4v) is 6.46. The fourth-order valence-electron chi connectivity index (χ4n) is 5.82. The number of hydrogen-bond acceptors (Lipinski definition) is 4. The number of hydrogen-bond donors (Lipinski definition) is 4. The number of carbonyl (C=O) groups excluding carboxylic acids is 2. The topological polar surface area (TPSA) is 90.5 Å². The number of fused-ring (bicyclic) bond motifs is 1. The first-order chi connectivity index (χ1) is 14.3. The molecule has 0 aromatic carbocycles. The van der Waals surface area contributed by atoms with Gasteiger partial charge in [-0.2, -0.15) is 0 Å². The highest BCUT2D eigenvalue weighted by atomic mass is 32.1. The van der Waals surface area contributed by atoms with Crippen molar-refractivity contribution >= 4 is 23.3 Å². The molecule has 0 unspecified atom stereocenters. The average molecular weight is 436 g/mol. The minimum atomic E-state index is -0.542. The number of aliphatic hydroxyl groups excluding tert-OH is 1. The van der Waals surface area contributed by atoms with Crippen molar-refractivity contribution in [2.45, 2.75) is 72.1 Å². The molecule has 4 N–H and O–H groups in total. The first-order valence-corrected chi connectivity index (χ1v) is 12.2. The molecule has 7 heteroatoms. The van der Waals surface area contributed by atoms with E-state index in [9.17, 15) is 14.7 Å².